The summed E-state index contributed by atoms with van der Waals surface area (Å²) in [6.45, 7) is 1.08. The van der Waals surface area contributed by atoms with Gasteiger partial charge in [0.1, 0.15) is 0 Å². The van der Waals surface area contributed by atoms with Crippen molar-refractivity contribution in [3.8, 4) is 0 Å². The molecule has 0 unspecified atom stereocenters. The zero-order valence-corrected chi connectivity index (χ0v) is 9.39. The second kappa shape index (κ2) is 2.53. The van der Waals surface area contributed by atoms with E-state index in [9.17, 15) is 0 Å². The summed E-state index contributed by atoms with van der Waals surface area (Å²) < 4.78 is 1.29. The highest BCUT2D eigenvalue weighted by Gasteiger charge is 2.44. The van der Waals surface area contributed by atoms with E-state index in [1.165, 1.54) is 27.8 Å². The first kappa shape index (κ1) is 7.91. The lowest BCUT2D eigenvalue weighted by Crippen LogP contribution is -2.34. The zero-order chi connectivity index (χ0) is 8.89. The molecule has 0 aromatic heterocycles. The van der Waals surface area contributed by atoms with E-state index >= 15 is 0 Å². The summed E-state index contributed by atoms with van der Waals surface area (Å²) in [4.78, 5) is 0. The normalized spacial score (nSPS) is 21.6. The van der Waals surface area contributed by atoms with Crippen LogP contribution in [0.25, 0.3) is 0 Å². The van der Waals surface area contributed by atoms with E-state index in [-0.39, 0.29) is 0 Å². The Hall–Kier alpha value is -0.450. The Balaban J connectivity index is 2.00. The molecule has 1 spiro atoms. The third-order valence-corrected chi connectivity index (χ3v) is 3.52. The highest BCUT2D eigenvalue weighted by Crippen LogP contribution is 2.44. The smallest absolute Gasteiger partial charge is 0.0587 e. The van der Waals surface area contributed by atoms with E-state index in [0.717, 1.165) is 6.54 Å². The Bertz CT molecular complexity index is 358. The van der Waals surface area contributed by atoms with Gasteiger partial charge in [-0.3, -0.25) is 0 Å². The van der Waals surface area contributed by atoms with Crippen molar-refractivity contribution < 1.29 is 0 Å². The van der Waals surface area contributed by atoms with Crippen LogP contribution < -0.4 is 10.6 Å². The zero-order valence-electron chi connectivity index (χ0n) is 7.23. The molecule has 1 fully saturated rings. The summed E-state index contributed by atoms with van der Waals surface area (Å²) in [6.07, 6.45) is 2.62. The minimum absolute atomic E-state index is 0.403. The fraction of sp³-hybridized carbons (Fsp3) is 0.400. The molecule has 1 aromatic carbocycles. The molecule has 3 rings (SSSR count). The maximum absolute atomic E-state index is 3.61. The van der Waals surface area contributed by atoms with Crippen LogP contribution >= 0.6 is 22.6 Å². The van der Waals surface area contributed by atoms with Gasteiger partial charge in [0.05, 0.1) is 16.9 Å². The molecule has 2 nitrogen and oxygen atoms in total. The number of anilines is 2. The molecule has 68 valence electrons. The molecule has 3 heteroatoms. The Morgan fingerprint density at radius 1 is 1.23 bits per heavy atom. The molecule has 0 saturated heterocycles. The molecule has 2 N–H and O–H groups in total. The maximum Gasteiger partial charge on any atom is 0.0587 e. The lowest BCUT2D eigenvalue weighted by Gasteiger charge is -2.28. The van der Waals surface area contributed by atoms with Crippen LogP contribution in [0.4, 0.5) is 11.4 Å². The van der Waals surface area contributed by atoms with Crippen molar-refractivity contribution >= 4 is 34.0 Å². The molecule has 13 heavy (non-hydrogen) atoms. The number of rotatable bonds is 0. The van der Waals surface area contributed by atoms with Crippen LogP contribution in [0.1, 0.15) is 12.8 Å². The molecular weight excluding hydrogens is 275 g/mol. The van der Waals surface area contributed by atoms with Crippen LogP contribution in [0.5, 0.6) is 0 Å². The highest BCUT2D eigenvalue weighted by molar-refractivity contribution is 14.1. The van der Waals surface area contributed by atoms with Gasteiger partial charge in [-0.2, -0.15) is 0 Å². The minimum atomic E-state index is 0.403. The first-order chi connectivity index (χ1) is 6.27. The van der Waals surface area contributed by atoms with Gasteiger partial charge in [-0.1, -0.05) is 0 Å². The Labute approximate surface area is 91.2 Å². The van der Waals surface area contributed by atoms with E-state index in [4.69, 9.17) is 0 Å². The van der Waals surface area contributed by atoms with Crippen molar-refractivity contribution in [3.05, 3.63) is 21.8 Å². The van der Waals surface area contributed by atoms with Crippen LogP contribution in [0, 0.1) is 3.57 Å². The van der Waals surface area contributed by atoms with Crippen LogP contribution in [-0.2, 0) is 0 Å². The largest absolute Gasteiger partial charge is 0.381 e. The number of benzene rings is 1. The quantitative estimate of drug-likeness (QED) is 0.716. The van der Waals surface area contributed by atoms with Crippen LogP contribution in [0.3, 0.4) is 0 Å². The lowest BCUT2D eigenvalue weighted by atomic mass is 10.1. The molecule has 1 aromatic rings. The topological polar surface area (TPSA) is 24.1 Å². The predicted octanol–water partition coefficient (Wildman–Crippen LogP) is 2.66. The standard InChI is InChI=1S/C10H11IN2/c11-7-1-2-8-9(5-7)12-6-10(13-8)3-4-10/h1-2,5,12-13H,3-4,6H2. The van der Waals surface area contributed by atoms with Gasteiger partial charge in [-0.05, 0) is 53.6 Å². The lowest BCUT2D eigenvalue weighted by molar-refractivity contribution is 0.755. The number of hydrogen-bond donors (Lipinski definition) is 2. The average Bonchev–Trinajstić information content (AvgIpc) is 2.87. The molecule has 1 saturated carbocycles. The molecule has 0 bridgehead atoms. The van der Waals surface area contributed by atoms with E-state index in [0.29, 0.717) is 5.54 Å². The second-order valence-corrected chi connectivity index (χ2v) is 5.19. The fourth-order valence-corrected chi connectivity index (χ4v) is 2.31. The summed E-state index contributed by atoms with van der Waals surface area (Å²) in [5, 5.41) is 7.10. The molecule has 0 amide bonds. The Kier molecular flexibility index (Phi) is 1.54. The number of fused-ring (bicyclic) bond motifs is 1. The maximum atomic E-state index is 3.61. The fourth-order valence-electron chi connectivity index (χ4n) is 1.82. The summed E-state index contributed by atoms with van der Waals surface area (Å²) in [5.74, 6) is 0. The molecule has 2 aliphatic rings. The summed E-state index contributed by atoms with van der Waals surface area (Å²) in [7, 11) is 0. The van der Waals surface area contributed by atoms with Crippen molar-refractivity contribution in [1.29, 1.82) is 0 Å². The minimum Gasteiger partial charge on any atom is -0.381 e. The highest BCUT2D eigenvalue weighted by atomic mass is 127. The first-order valence-electron chi connectivity index (χ1n) is 4.59. The Morgan fingerprint density at radius 3 is 2.85 bits per heavy atom. The van der Waals surface area contributed by atoms with Gasteiger partial charge >= 0.3 is 0 Å². The summed E-state index contributed by atoms with van der Waals surface area (Å²) >= 11 is 2.34. The van der Waals surface area contributed by atoms with Crippen molar-refractivity contribution in [1.82, 2.24) is 0 Å². The summed E-state index contributed by atoms with van der Waals surface area (Å²) in [5.41, 5.74) is 2.92. The monoisotopic (exact) mass is 286 g/mol. The van der Waals surface area contributed by atoms with Gasteiger partial charge in [0.25, 0.3) is 0 Å². The number of halogens is 1. The van der Waals surface area contributed by atoms with Crippen LogP contribution in [0.2, 0.25) is 0 Å². The van der Waals surface area contributed by atoms with Crippen LogP contribution in [-0.4, -0.2) is 12.1 Å². The average molecular weight is 286 g/mol. The first-order valence-corrected chi connectivity index (χ1v) is 5.67. The Morgan fingerprint density at radius 2 is 2.08 bits per heavy atom. The number of nitrogens with one attached hydrogen (secondary N) is 2. The van der Waals surface area contributed by atoms with Crippen LogP contribution in [0.15, 0.2) is 18.2 Å². The van der Waals surface area contributed by atoms with Crippen molar-refractivity contribution in [3.63, 3.8) is 0 Å². The third kappa shape index (κ3) is 1.29. The van der Waals surface area contributed by atoms with E-state index in [1.54, 1.807) is 0 Å². The molecule has 1 aliphatic heterocycles. The van der Waals surface area contributed by atoms with Gasteiger partial charge in [0.15, 0.2) is 0 Å². The molecule has 0 atom stereocenters. The van der Waals surface area contributed by atoms with Gasteiger partial charge < -0.3 is 10.6 Å². The van der Waals surface area contributed by atoms with Gasteiger partial charge in [-0.15, -0.1) is 0 Å². The van der Waals surface area contributed by atoms with Crippen molar-refractivity contribution in [2.45, 2.75) is 18.4 Å². The molecule has 1 aliphatic carbocycles. The third-order valence-electron chi connectivity index (χ3n) is 2.85. The summed E-state index contributed by atoms with van der Waals surface area (Å²) in [6, 6.07) is 6.51. The molecular formula is C10H11IN2. The van der Waals surface area contributed by atoms with Gasteiger partial charge in [0.2, 0.25) is 0 Å². The van der Waals surface area contributed by atoms with E-state index < -0.39 is 0 Å². The number of hydrogen-bond acceptors (Lipinski definition) is 2. The van der Waals surface area contributed by atoms with Gasteiger partial charge in [0, 0.05) is 10.1 Å². The molecule has 1 heterocycles. The second-order valence-electron chi connectivity index (χ2n) is 3.95. The van der Waals surface area contributed by atoms with Crippen molar-refractivity contribution in [2.24, 2.45) is 0 Å². The van der Waals surface area contributed by atoms with Gasteiger partial charge in [-0.25, -0.2) is 0 Å². The van der Waals surface area contributed by atoms with E-state index in [1.807, 2.05) is 0 Å². The molecule has 0 radical (unpaired) electrons. The van der Waals surface area contributed by atoms with Crippen molar-refractivity contribution in [2.75, 3.05) is 17.2 Å². The van der Waals surface area contributed by atoms with E-state index in [2.05, 4.69) is 51.4 Å². The predicted molar refractivity (Wildman–Crippen MR) is 63.2 cm³/mol. The SMILES string of the molecule is Ic1ccc2c(c1)NCC1(CC1)N2.